The Morgan fingerprint density at radius 1 is 0.938 bits per heavy atom. The number of amides is 1. The minimum Gasteiger partial charge on any atom is -0.464 e. The lowest BCUT2D eigenvalue weighted by Crippen LogP contribution is -2.46. The third-order valence-electron chi connectivity index (χ3n) is 4.96. The van der Waals surface area contributed by atoms with Crippen LogP contribution in [0.25, 0.3) is 0 Å². The molecule has 2 rings (SSSR count). The van der Waals surface area contributed by atoms with Crippen molar-refractivity contribution in [3.05, 3.63) is 71.3 Å². The summed E-state index contributed by atoms with van der Waals surface area (Å²) < 4.78 is 15.9. The number of ether oxygens (including phenoxy) is 3. The van der Waals surface area contributed by atoms with Gasteiger partial charge in [-0.25, -0.2) is 14.4 Å². The molecule has 1 N–H and O–H groups in total. The Hall–Kier alpha value is -2.62. The summed E-state index contributed by atoms with van der Waals surface area (Å²) in [5.74, 6) is -0.993. The zero-order valence-corrected chi connectivity index (χ0v) is 20.4. The lowest BCUT2D eigenvalue weighted by atomic mass is 9.99. The van der Waals surface area contributed by atoms with Gasteiger partial charge in [-0.2, -0.15) is 0 Å². The molecule has 0 bridgehead atoms. The molecule has 0 aliphatic rings. The van der Waals surface area contributed by atoms with E-state index >= 15 is 0 Å². The molecule has 0 aliphatic heterocycles. The van der Waals surface area contributed by atoms with Crippen LogP contribution in [0.15, 0.2) is 54.6 Å². The average Bonchev–Trinajstić information content (AvgIpc) is 2.82. The van der Waals surface area contributed by atoms with E-state index in [2.05, 4.69) is 5.32 Å². The van der Waals surface area contributed by atoms with Gasteiger partial charge in [-0.05, 0) is 51.8 Å². The Labute approximate surface area is 202 Å². The van der Waals surface area contributed by atoms with Crippen molar-refractivity contribution in [1.29, 1.82) is 0 Å². The first kappa shape index (κ1) is 25.6. The van der Waals surface area contributed by atoms with Gasteiger partial charge in [0.25, 0.3) is 0 Å². The van der Waals surface area contributed by atoms with E-state index in [4.69, 9.17) is 14.2 Å². The maximum atomic E-state index is 12.6. The number of halogens is 1. The predicted octanol–water partition coefficient (Wildman–Crippen LogP) is 4.66. The summed E-state index contributed by atoms with van der Waals surface area (Å²) in [6.45, 7) is 4.09. The summed E-state index contributed by atoms with van der Waals surface area (Å²) in [5.41, 5.74) is 2.25. The molecule has 32 heavy (non-hydrogen) atoms. The van der Waals surface area contributed by atoms with E-state index in [1.807, 2.05) is 66.8 Å². The zero-order chi connectivity index (χ0) is 23.3. The second-order valence-corrected chi connectivity index (χ2v) is 7.85. The van der Waals surface area contributed by atoms with Crippen LogP contribution >= 0.6 is 22.6 Å². The van der Waals surface area contributed by atoms with Gasteiger partial charge in [-0.15, -0.1) is 0 Å². The second kappa shape index (κ2) is 13.7. The molecule has 0 spiro atoms. The molecule has 0 heterocycles. The molecule has 0 fully saturated rings. The van der Waals surface area contributed by atoms with Crippen molar-refractivity contribution in [3.8, 4) is 0 Å². The summed E-state index contributed by atoms with van der Waals surface area (Å²) >= 11 is 1.96. The molecule has 172 valence electrons. The first-order valence-corrected chi connectivity index (χ1v) is 11.9. The number of hydrogen-bond donors (Lipinski definition) is 1. The Balaban J connectivity index is 1.84. The fraction of sp³-hybridized carbons (Fsp3) is 0.375. The highest BCUT2D eigenvalue weighted by Gasteiger charge is 2.28. The normalized spacial score (nSPS) is 12.3. The van der Waals surface area contributed by atoms with Crippen molar-refractivity contribution in [1.82, 2.24) is 5.32 Å². The molecule has 2 aromatic carbocycles. The van der Waals surface area contributed by atoms with Gasteiger partial charge >= 0.3 is 18.0 Å². The van der Waals surface area contributed by atoms with Gasteiger partial charge in [0.15, 0.2) is 0 Å². The van der Waals surface area contributed by atoms with Crippen molar-refractivity contribution in [2.45, 2.75) is 39.3 Å². The average molecular weight is 553 g/mol. The van der Waals surface area contributed by atoms with Crippen LogP contribution in [0, 0.1) is 5.92 Å². The number of rotatable bonds is 11. The Morgan fingerprint density at radius 3 is 2.25 bits per heavy atom. The van der Waals surface area contributed by atoms with Crippen LogP contribution in [0.5, 0.6) is 0 Å². The largest absolute Gasteiger partial charge is 0.464 e. The van der Waals surface area contributed by atoms with Gasteiger partial charge in [-0.1, -0.05) is 62.7 Å². The molecule has 2 atom stereocenters. The van der Waals surface area contributed by atoms with Gasteiger partial charge < -0.3 is 19.5 Å². The van der Waals surface area contributed by atoms with Crippen LogP contribution in [-0.4, -0.2) is 35.3 Å². The third-order valence-corrected chi connectivity index (χ3v) is 5.27. The van der Waals surface area contributed by atoms with E-state index in [-0.39, 0.29) is 25.1 Å². The smallest absolute Gasteiger partial charge is 0.408 e. The number of hydrogen-bond acceptors (Lipinski definition) is 6. The third kappa shape index (κ3) is 8.49. The van der Waals surface area contributed by atoms with Crippen LogP contribution in [0.1, 0.15) is 41.8 Å². The molecule has 0 saturated carbocycles. The van der Waals surface area contributed by atoms with Gasteiger partial charge in [0.2, 0.25) is 0 Å². The number of carbonyl (C=O) groups excluding carboxylic acids is 3. The number of esters is 2. The molecule has 1 amide bonds. The van der Waals surface area contributed by atoms with E-state index in [0.29, 0.717) is 23.0 Å². The van der Waals surface area contributed by atoms with Gasteiger partial charge in [0.05, 0.1) is 12.2 Å². The van der Waals surface area contributed by atoms with E-state index in [9.17, 15) is 14.4 Å². The molecule has 0 unspecified atom stereocenters. The van der Waals surface area contributed by atoms with Crippen molar-refractivity contribution < 1.29 is 28.6 Å². The van der Waals surface area contributed by atoms with Gasteiger partial charge in [0, 0.05) is 6.42 Å². The summed E-state index contributed by atoms with van der Waals surface area (Å²) in [6, 6.07) is 15.5. The zero-order valence-electron chi connectivity index (χ0n) is 18.2. The van der Waals surface area contributed by atoms with Crippen LogP contribution in [-0.2, 0) is 32.0 Å². The molecular weight excluding hydrogens is 525 g/mol. The van der Waals surface area contributed by atoms with Gasteiger partial charge in [0.1, 0.15) is 17.3 Å². The molecule has 2 aromatic rings. The van der Waals surface area contributed by atoms with E-state index < -0.39 is 18.1 Å². The topological polar surface area (TPSA) is 90.9 Å². The standard InChI is InChI=1S/C24H28INO6/c1-3-17(2)21(26-24(29)31-15-19-7-5-4-6-8-19)23(28)30-14-13-18-9-11-20(12-10-18)22(27)32-16-25/h4-12,17,21H,3,13-16H2,1-2H3,(H,26,29)/t17-,21-/m0/s1. The number of alkyl halides is 1. The number of nitrogens with one attached hydrogen (secondary N) is 1. The second-order valence-electron chi connectivity index (χ2n) is 7.22. The molecular formula is C24H28INO6. The minimum absolute atomic E-state index is 0.116. The fourth-order valence-corrected chi connectivity index (χ4v) is 3.14. The molecule has 0 saturated heterocycles. The Kier molecular flexibility index (Phi) is 11.0. The van der Waals surface area contributed by atoms with Crippen LogP contribution < -0.4 is 5.32 Å². The minimum atomic E-state index is -0.798. The summed E-state index contributed by atoms with van der Waals surface area (Å²) in [7, 11) is 0. The van der Waals surface area contributed by atoms with Gasteiger partial charge in [-0.3, -0.25) is 0 Å². The lowest BCUT2D eigenvalue weighted by molar-refractivity contribution is -0.147. The monoisotopic (exact) mass is 553 g/mol. The summed E-state index contributed by atoms with van der Waals surface area (Å²) in [5, 5.41) is 2.63. The Morgan fingerprint density at radius 2 is 1.62 bits per heavy atom. The maximum absolute atomic E-state index is 12.6. The molecule has 0 aliphatic carbocycles. The molecule has 0 radical (unpaired) electrons. The fourth-order valence-electron chi connectivity index (χ4n) is 2.86. The van der Waals surface area contributed by atoms with Crippen LogP contribution in [0.4, 0.5) is 4.79 Å². The van der Waals surface area contributed by atoms with Crippen LogP contribution in [0.2, 0.25) is 0 Å². The number of carbonyl (C=O) groups is 3. The van der Waals surface area contributed by atoms with Crippen molar-refractivity contribution >= 4 is 40.6 Å². The Bertz CT molecular complexity index is 872. The van der Waals surface area contributed by atoms with Crippen molar-refractivity contribution in [2.24, 2.45) is 5.92 Å². The van der Waals surface area contributed by atoms with Crippen LogP contribution in [0.3, 0.4) is 0 Å². The predicted molar refractivity (Wildman–Crippen MR) is 128 cm³/mol. The SMILES string of the molecule is CC[C@H](C)[C@H](NC(=O)OCc1ccccc1)C(=O)OCCc1ccc(C(=O)OCI)cc1. The highest BCUT2D eigenvalue weighted by Crippen LogP contribution is 2.12. The van der Waals surface area contributed by atoms with E-state index in [0.717, 1.165) is 11.1 Å². The quantitative estimate of drug-likeness (QED) is 0.188. The number of alkyl carbamates (subject to hydrolysis) is 1. The molecule has 0 aromatic heterocycles. The van der Waals surface area contributed by atoms with E-state index in [1.165, 1.54) is 0 Å². The lowest BCUT2D eigenvalue weighted by Gasteiger charge is -2.22. The molecule has 7 nitrogen and oxygen atoms in total. The number of benzene rings is 2. The summed E-state index contributed by atoms with van der Waals surface area (Å²) in [4.78, 5) is 36.5. The highest BCUT2D eigenvalue weighted by atomic mass is 127. The van der Waals surface area contributed by atoms with Crippen molar-refractivity contribution in [2.75, 3.05) is 11.2 Å². The van der Waals surface area contributed by atoms with E-state index in [1.54, 1.807) is 24.3 Å². The first-order chi connectivity index (χ1) is 15.4. The first-order valence-electron chi connectivity index (χ1n) is 10.4. The summed E-state index contributed by atoms with van der Waals surface area (Å²) in [6.07, 6.45) is 0.511. The molecule has 8 heteroatoms. The maximum Gasteiger partial charge on any atom is 0.408 e. The van der Waals surface area contributed by atoms with Crippen molar-refractivity contribution in [3.63, 3.8) is 0 Å². The highest BCUT2D eigenvalue weighted by molar-refractivity contribution is 14.1.